The molecule has 1 aromatic carbocycles. The van der Waals surface area contributed by atoms with Crippen molar-refractivity contribution in [3.05, 3.63) is 59.4 Å². The highest BCUT2D eigenvalue weighted by Gasteiger charge is 2.32. The molecule has 2 aliphatic heterocycles. The average molecular weight is 351 g/mol. The first-order valence-electron chi connectivity index (χ1n) is 9.68. The first-order valence-corrected chi connectivity index (χ1v) is 9.68. The number of nitrogens with zero attached hydrogens (tertiary/aromatic N) is 3. The lowest BCUT2D eigenvalue weighted by atomic mass is 10.0. The smallest absolute Gasteiger partial charge is 0.127 e. The van der Waals surface area contributed by atoms with Gasteiger partial charge in [-0.05, 0) is 38.0 Å². The fourth-order valence-corrected chi connectivity index (χ4v) is 4.19. The van der Waals surface area contributed by atoms with Crippen LogP contribution in [0.4, 0.5) is 0 Å². The molecule has 1 atom stereocenters. The second kappa shape index (κ2) is 7.01. The lowest BCUT2D eigenvalue weighted by Gasteiger charge is -2.38. The lowest BCUT2D eigenvalue weighted by molar-refractivity contribution is 0.0949. The Labute approximate surface area is 156 Å². The minimum atomic E-state index is -0.0731. The van der Waals surface area contributed by atoms with Crippen molar-refractivity contribution in [1.29, 1.82) is 0 Å². The van der Waals surface area contributed by atoms with Crippen LogP contribution in [0.15, 0.2) is 42.7 Å². The van der Waals surface area contributed by atoms with Gasteiger partial charge in [-0.2, -0.15) is 0 Å². The number of pyridine rings is 1. The van der Waals surface area contributed by atoms with Gasteiger partial charge in [0.1, 0.15) is 11.4 Å². The third-order valence-electron chi connectivity index (χ3n) is 5.69. The Morgan fingerprint density at radius 2 is 1.92 bits per heavy atom. The van der Waals surface area contributed by atoms with Crippen LogP contribution >= 0.6 is 0 Å². The van der Waals surface area contributed by atoms with Crippen LogP contribution in [0.5, 0.6) is 5.75 Å². The van der Waals surface area contributed by atoms with E-state index in [1.807, 2.05) is 18.5 Å². The van der Waals surface area contributed by atoms with E-state index in [0.29, 0.717) is 6.04 Å². The highest BCUT2D eigenvalue weighted by Crippen LogP contribution is 2.38. The van der Waals surface area contributed by atoms with E-state index in [0.717, 1.165) is 44.9 Å². The summed E-state index contributed by atoms with van der Waals surface area (Å²) in [6.07, 6.45) is 4.84. The molecule has 4 heteroatoms. The van der Waals surface area contributed by atoms with Crippen molar-refractivity contribution in [1.82, 2.24) is 14.8 Å². The van der Waals surface area contributed by atoms with Crippen molar-refractivity contribution < 1.29 is 4.74 Å². The van der Waals surface area contributed by atoms with Crippen LogP contribution < -0.4 is 4.74 Å². The number of benzene rings is 1. The molecule has 1 unspecified atom stereocenters. The fourth-order valence-electron chi connectivity index (χ4n) is 4.19. The van der Waals surface area contributed by atoms with Crippen LogP contribution in [-0.2, 0) is 13.0 Å². The van der Waals surface area contributed by atoms with Gasteiger partial charge < -0.3 is 4.74 Å². The summed E-state index contributed by atoms with van der Waals surface area (Å²) in [5, 5.41) is 0. The number of ether oxygens (including phenoxy) is 1. The second-order valence-electron chi connectivity index (χ2n) is 8.22. The molecule has 26 heavy (non-hydrogen) atoms. The standard InChI is InChI=1S/C22H29N3O/c1-17(19-8-5-9-23-15-19)25-12-10-24(11-13-25)16-20-7-4-6-18-14-22(2,3)26-21(18)20/h4-9,15,17H,10-14,16H2,1-3H3. The van der Waals surface area contributed by atoms with E-state index in [-0.39, 0.29) is 5.60 Å². The summed E-state index contributed by atoms with van der Waals surface area (Å²) in [4.78, 5) is 9.38. The monoisotopic (exact) mass is 351 g/mol. The molecule has 0 bridgehead atoms. The molecule has 1 saturated heterocycles. The molecular formula is C22H29N3O. The Kier molecular flexibility index (Phi) is 4.72. The number of rotatable bonds is 4. The highest BCUT2D eigenvalue weighted by atomic mass is 16.5. The Balaban J connectivity index is 1.38. The van der Waals surface area contributed by atoms with Crippen molar-refractivity contribution in [2.24, 2.45) is 0 Å². The van der Waals surface area contributed by atoms with Crippen LogP contribution in [-0.4, -0.2) is 46.6 Å². The normalized spacial score (nSPS) is 21.2. The summed E-state index contributed by atoms with van der Waals surface area (Å²) >= 11 is 0. The Bertz CT molecular complexity index is 751. The molecule has 1 fully saturated rings. The van der Waals surface area contributed by atoms with E-state index in [9.17, 15) is 0 Å². The predicted octanol–water partition coefficient (Wildman–Crippen LogP) is 3.67. The van der Waals surface area contributed by atoms with Crippen molar-refractivity contribution in [3.63, 3.8) is 0 Å². The zero-order valence-corrected chi connectivity index (χ0v) is 16.1. The molecule has 4 nitrogen and oxygen atoms in total. The van der Waals surface area contributed by atoms with Gasteiger partial charge in [-0.3, -0.25) is 14.8 Å². The number of piperazine rings is 1. The third-order valence-corrected chi connectivity index (χ3v) is 5.69. The van der Waals surface area contributed by atoms with Gasteiger partial charge in [-0.15, -0.1) is 0 Å². The lowest BCUT2D eigenvalue weighted by Crippen LogP contribution is -2.46. The van der Waals surface area contributed by atoms with E-state index >= 15 is 0 Å². The minimum absolute atomic E-state index is 0.0731. The summed E-state index contributed by atoms with van der Waals surface area (Å²) in [5.74, 6) is 1.13. The molecule has 3 heterocycles. The van der Waals surface area contributed by atoms with Gasteiger partial charge in [0.15, 0.2) is 0 Å². The first kappa shape index (κ1) is 17.5. The van der Waals surface area contributed by atoms with Crippen LogP contribution in [0.2, 0.25) is 0 Å². The molecule has 0 radical (unpaired) electrons. The summed E-state index contributed by atoms with van der Waals surface area (Å²) in [7, 11) is 0. The fraction of sp³-hybridized carbons (Fsp3) is 0.500. The van der Waals surface area contributed by atoms with Crippen LogP contribution in [0.3, 0.4) is 0 Å². The minimum Gasteiger partial charge on any atom is -0.487 e. The zero-order chi connectivity index (χ0) is 18.1. The van der Waals surface area contributed by atoms with E-state index < -0.39 is 0 Å². The molecule has 1 aromatic heterocycles. The molecular weight excluding hydrogens is 322 g/mol. The molecule has 0 amide bonds. The molecule has 2 aliphatic rings. The van der Waals surface area contributed by atoms with E-state index in [1.165, 1.54) is 16.7 Å². The first-order chi connectivity index (χ1) is 12.5. The SMILES string of the molecule is CC(c1cccnc1)N1CCN(Cc2cccc3c2OC(C)(C)C3)CC1. The van der Waals surface area contributed by atoms with Gasteiger partial charge in [-0.25, -0.2) is 0 Å². The highest BCUT2D eigenvalue weighted by molar-refractivity contribution is 5.45. The topological polar surface area (TPSA) is 28.6 Å². The summed E-state index contributed by atoms with van der Waals surface area (Å²) in [5.41, 5.74) is 3.92. The summed E-state index contributed by atoms with van der Waals surface area (Å²) < 4.78 is 6.24. The Hall–Kier alpha value is -1.91. The number of aromatic nitrogens is 1. The van der Waals surface area contributed by atoms with E-state index in [4.69, 9.17) is 4.74 Å². The quantitative estimate of drug-likeness (QED) is 0.840. The summed E-state index contributed by atoms with van der Waals surface area (Å²) in [6, 6.07) is 11.2. The van der Waals surface area contributed by atoms with E-state index in [1.54, 1.807) is 0 Å². The predicted molar refractivity (Wildman–Crippen MR) is 104 cm³/mol. The van der Waals surface area contributed by atoms with Gasteiger partial charge in [0.05, 0.1) is 0 Å². The maximum Gasteiger partial charge on any atom is 0.127 e. The molecule has 0 saturated carbocycles. The number of para-hydroxylation sites is 1. The van der Waals surface area contributed by atoms with Gasteiger partial charge in [0.2, 0.25) is 0 Å². The zero-order valence-electron chi connectivity index (χ0n) is 16.1. The molecule has 4 rings (SSSR count). The second-order valence-corrected chi connectivity index (χ2v) is 8.22. The largest absolute Gasteiger partial charge is 0.487 e. The van der Waals surface area contributed by atoms with Crippen LogP contribution in [0.1, 0.15) is 43.5 Å². The molecule has 0 N–H and O–H groups in total. The molecule has 0 aliphatic carbocycles. The molecule has 0 spiro atoms. The van der Waals surface area contributed by atoms with Crippen LogP contribution in [0.25, 0.3) is 0 Å². The van der Waals surface area contributed by atoms with Crippen molar-refractivity contribution in [3.8, 4) is 5.75 Å². The van der Waals surface area contributed by atoms with Crippen LogP contribution in [0, 0.1) is 0 Å². The molecule has 138 valence electrons. The third kappa shape index (κ3) is 3.62. The van der Waals surface area contributed by atoms with Gasteiger partial charge in [0, 0.05) is 63.1 Å². The maximum atomic E-state index is 6.24. The van der Waals surface area contributed by atoms with Gasteiger partial charge >= 0.3 is 0 Å². The average Bonchev–Trinajstić information content (AvgIpc) is 2.97. The Morgan fingerprint density at radius 3 is 2.65 bits per heavy atom. The number of hydrogen-bond acceptors (Lipinski definition) is 4. The molecule has 2 aromatic rings. The van der Waals surface area contributed by atoms with Gasteiger partial charge in [-0.1, -0.05) is 24.3 Å². The van der Waals surface area contributed by atoms with Gasteiger partial charge in [0.25, 0.3) is 0 Å². The van der Waals surface area contributed by atoms with Crippen molar-refractivity contribution in [2.75, 3.05) is 26.2 Å². The summed E-state index contributed by atoms with van der Waals surface area (Å²) in [6.45, 7) is 12.0. The maximum absolute atomic E-state index is 6.24. The van der Waals surface area contributed by atoms with E-state index in [2.05, 4.69) is 59.8 Å². The van der Waals surface area contributed by atoms with Crippen molar-refractivity contribution >= 4 is 0 Å². The Morgan fingerprint density at radius 1 is 1.12 bits per heavy atom. The van der Waals surface area contributed by atoms with Crippen molar-refractivity contribution in [2.45, 2.75) is 45.4 Å². The number of hydrogen-bond donors (Lipinski definition) is 0. The number of fused-ring (bicyclic) bond motifs is 1.